The molecule has 0 amide bonds. The van der Waals surface area contributed by atoms with E-state index in [1.807, 2.05) is 47.6 Å². The molecule has 65 heavy (non-hydrogen) atoms. The number of carbonyl (C=O) groups is 1. The summed E-state index contributed by atoms with van der Waals surface area (Å²) in [5.41, 5.74) is 10.5. The van der Waals surface area contributed by atoms with Crippen molar-refractivity contribution >= 4 is 27.3 Å². The molecule has 4 aromatic carbocycles. The van der Waals surface area contributed by atoms with E-state index in [1.54, 1.807) is 0 Å². The Kier molecular flexibility index (Phi) is 17.6. The molecule has 0 aliphatic heterocycles. The second kappa shape index (κ2) is 24.4. The van der Waals surface area contributed by atoms with Gasteiger partial charge in [-0.25, -0.2) is 0 Å². The van der Waals surface area contributed by atoms with Crippen LogP contribution in [0.1, 0.15) is 149 Å². The number of ketones is 1. The number of carbonyl (C=O) groups excluding carboxylic acids is 1. The van der Waals surface area contributed by atoms with Gasteiger partial charge in [0.05, 0.1) is 4.11 Å². The zero-order valence-corrected chi connectivity index (χ0v) is 43.0. The molecule has 1 N–H and O–H groups in total. The fraction of sp³-hybridized carbons (Fsp3) is 0.450. The van der Waals surface area contributed by atoms with Gasteiger partial charge in [0, 0.05) is 49.9 Å². The minimum atomic E-state index is -0.248. The van der Waals surface area contributed by atoms with Gasteiger partial charge in [0.25, 0.3) is 0 Å². The molecule has 2 aromatic heterocycles. The first kappa shape index (κ1) is 47.1. The molecule has 0 saturated heterocycles. The number of pyridine rings is 2. The number of allylic oxidation sites excluding steroid dienone is 2. The molecule has 8 rings (SSSR count). The number of hydrogen-bond acceptors (Lipinski definition) is 4. The average molecular weight is 1050 g/mol. The molecule has 2 heterocycles. The largest absolute Gasteiger partial charge is 0.512 e. The number of aliphatic hydroxyl groups excluding tert-OH is 1. The first-order valence-electron chi connectivity index (χ1n) is 25.8. The van der Waals surface area contributed by atoms with Crippen LogP contribution in [0.15, 0.2) is 97.0 Å². The van der Waals surface area contributed by atoms with Crippen molar-refractivity contribution in [1.29, 1.82) is 0 Å². The van der Waals surface area contributed by atoms with Crippen molar-refractivity contribution in [2.75, 3.05) is 0 Å². The summed E-state index contributed by atoms with van der Waals surface area (Å²) in [4.78, 5) is 20.8. The van der Waals surface area contributed by atoms with Crippen molar-refractivity contribution in [2.45, 2.75) is 152 Å². The van der Waals surface area contributed by atoms with Gasteiger partial charge in [-0.15, -0.1) is 69.8 Å². The zero-order chi connectivity index (χ0) is 48.4. The summed E-state index contributed by atoms with van der Waals surface area (Å²) in [6.45, 7) is 18.3. The van der Waals surface area contributed by atoms with Crippen LogP contribution in [-0.4, -0.2) is 20.9 Å². The molecule has 0 atom stereocenters. The van der Waals surface area contributed by atoms with Gasteiger partial charge in [-0.1, -0.05) is 150 Å². The Morgan fingerprint density at radius 2 is 1.17 bits per heavy atom. The summed E-state index contributed by atoms with van der Waals surface area (Å²) in [7, 11) is 0. The SMILES string of the molecule is CCC(CC)C(=O)/C=C(\O)C(C)(CC)CC.[2H]c1cc2cc(CC3CCCC3)ccc2c(-c2[c-]c(C)cc(C)c2)n1.[2H]c1nc(-c2[c-]c(C)cc(C)c2)c2ccc(CC3CCCC3)cc2c1[2H].[Ir]. The average Bonchev–Trinajstić information content (AvgIpc) is 4.02. The van der Waals surface area contributed by atoms with Crippen LogP contribution in [0.5, 0.6) is 0 Å². The number of fused-ring (bicyclic) bond motifs is 2. The van der Waals surface area contributed by atoms with E-state index < -0.39 is 0 Å². The number of rotatable bonds is 13. The van der Waals surface area contributed by atoms with Gasteiger partial charge < -0.3 is 15.1 Å². The quantitative estimate of drug-likeness (QED) is 0.0711. The molecule has 6 aromatic rings. The second-order valence-corrected chi connectivity index (χ2v) is 19.2. The van der Waals surface area contributed by atoms with Gasteiger partial charge in [0.15, 0.2) is 5.78 Å². The van der Waals surface area contributed by atoms with Gasteiger partial charge in [-0.3, -0.25) is 4.79 Å². The maximum atomic E-state index is 11.9. The van der Waals surface area contributed by atoms with Crippen LogP contribution in [0.4, 0.5) is 0 Å². The molecule has 4 nitrogen and oxygen atoms in total. The van der Waals surface area contributed by atoms with E-state index in [-0.39, 0.29) is 55.2 Å². The fourth-order valence-corrected chi connectivity index (χ4v) is 9.82. The summed E-state index contributed by atoms with van der Waals surface area (Å²) < 4.78 is 24.7. The van der Waals surface area contributed by atoms with Crippen LogP contribution in [0, 0.1) is 63.0 Å². The van der Waals surface area contributed by atoms with Crippen molar-refractivity contribution in [1.82, 2.24) is 9.97 Å². The van der Waals surface area contributed by atoms with Crippen molar-refractivity contribution in [2.24, 2.45) is 23.2 Å². The van der Waals surface area contributed by atoms with E-state index in [0.29, 0.717) is 6.17 Å². The van der Waals surface area contributed by atoms with E-state index in [2.05, 4.69) is 104 Å². The Bertz CT molecular complexity index is 2650. The Labute approximate surface area is 409 Å². The molecule has 2 aliphatic carbocycles. The van der Waals surface area contributed by atoms with Crippen LogP contribution < -0.4 is 0 Å². The third kappa shape index (κ3) is 13.8. The Morgan fingerprint density at radius 1 is 0.708 bits per heavy atom. The van der Waals surface area contributed by atoms with E-state index in [9.17, 15) is 9.90 Å². The van der Waals surface area contributed by atoms with Gasteiger partial charge in [-0.05, 0) is 107 Å². The monoisotopic (exact) mass is 1050 g/mol. The topological polar surface area (TPSA) is 63.1 Å². The maximum absolute atomic E-state index is 11.9. The van der Waals surface area contributed by atoms with Crippen LogP contribution in [0.25, 0.3) is 44.1 Å². The number of nitrogens with zero attached hydrogens (tertiary/aromatic N) is 2. The first-order chi connectivity index (χ1) is 32.0. The van der Waals surface area contributed by atoms with Crippen molar-refractivity contribution in [3.63, 3.8) is 0 Å². The molecule has 2 fully saturated rings. The Morgan fingerprint density at radius 3 is 1.63 bits per heavy atom. The van der Waals surface area contributed by atoms with Gasteiger partial charge in [-0.2, -0.15) is 0 Å². The van der Waals surface area contributed by atoms with E-state index in [4.69, 9.17) is 4.11 Å². The van der Waals surface area contributed by atoms with Gasteiger partial charge in [0.1, 0.15) is 5.76 Å². The molecule has 347 valence electrons. The number of benzene rings is 4. The fourth-order valence-electron chi connectivity index (χ4n) is 9.82. The maximum Gasteiger partial charge on any atom is 0.162 e. The standard InChI is InChI=1S/2C23H24N.C14H26O2.Ir/c2*1-16-11-17(2)13-21(12-16)23-22-8-7-19(14-18-5-3-4-6-18)15-20(22)9-10-24-23;1-6-11(7-2)12(15)10-13(16)14(5,8-3)9-4;/h2*7-12,15,18H,3-6,14H2,1-2H3;10-11,16H,6-9H2,1-5H3;/q2*-1;;/b;;13-10-;/i9D,10D;10D;;. The Hall–Kier alpha value is -4.44. The summed E-state index contributed by atoms with van der Waals surface area (Å²) in [5.74, 6) is 1.97. The van der Waals surface area contributed by atoms with Crippen LogP contribution in [0.3, 0.4) is 0 Å². The summed E-state index contributed by atoms with van der Waals surface area (Å²) in [6, 6.07) is 30.4. The number of hydrogen-bond donors (Lipinski definition) is 1. The molecule has 5 heteroatoms. The smallest absolute Gasteiger partial charge is 0.162 e. The van der Waals surface area contributed by atoms with Crippen LogP contribution in [-0.2, 0) is 37.7 Å². The molecule has 0 unspecified atom stereocenters. The second-order valence-electron chi connectivity index (χ2n) is 19.2. The first-order valence-corrected chi connectivity index (χ1v) is 24.3. The molecular weight excluding hydrogens is 973 g/mol. The molecule has 2 aliphatic rings. The van der Waals surface area contributed by atoms with E-state index in [0.717, 1.165) is 111 Å². The summed E-state index contributed by atoms with van der Waals surface area (Å²) in [6.07, 6.45) is 18.2. The molecule has 0 bridgehead atoms. The van der Waals surface area contributed by atoms with Crippen molar-refractivity contribution in [3.05, 3.63) is 142 Å². The van der Waals surface area contributed by atoms with Crippen molar-refractivity contribution < 1.29 is 34.1 Å². The van der Waals surface area contributed by atoms with Crippen molar-refractivity contribution in [3.8, 4) is 22.5 Å². The molecule has 1 radical (unpaired) electrons. The number of aryl methyl sites for hydroxylation is 4. The molecule has 0 spiro atoms. The minimum absolute atomic E-state index is 0. The summed E-state index contributed by atoms with van der Waals surface area (Å²) in [5, 5.41) is 14.0. The number of aromatic nitrogens is 2. The third-order valence-electron chi connectivity index (χ3n) is 14.1. The van der Waals surface area contributed by atoms with Crippen LogP contribution >= 0.6 is 0 Å². The van der Waals surface area contributed by atoms with E-state index in [1.165, 1.54) is 74.1 Å². The van der Waals surface area contributed by atoms with Gasteiger partial charge in [0.2, 0.25) is 0 Å². The summed E-state index contributed by atoms with van der Waals surface area (Å²) >= 11 is 0. The predicted octanol–water partition coefficient (Wildman–Crippen LogP) is 16.4. The third-order valence-corrected chi connectivity index (χ3v) is 14.1. The van der Waals surface area contributed by atoms with Gasteiger partial charge >= 0.3 is 0 Å². The zero-order valence-electron chi connectivity index (χ0n) is 43.6. The normalized spacial score (nSPS) is 15.2. The molecule has 2 saturated carbocycles. The predicted molar refractivity (Wildman–Crippen MR) is 271 cm³/mol. The number of aliphatic hydroxyl groups is 1. The Balaban J connectivity index is 0.000000196. The van der Waals surface area contributed by atoms with Crippen LogP contribution in [0.2, 0.25) is 0 Å². The molecular formula is C60H74IrN2O2-2. The van der Waals surface area contributed by atoms with E-state index >= 15 is 0 Å². The minimum Gasteiger partial charge on any atom is -0.512 e.